The maximum atomic E-state index is 12.7. The molecule has 1 aliphatic rings. The van der Waals surface area contributed by atoms with E-state index in [9.17, 15) is 9.59 Å². The molecule has 0 heterocycles. The number of nitrogens with zero attached hydrogens (tertiary/aromatic N) is 3. The Morgan fingerprint density at radius 3 is 2.62 bits per heavy atom. The summed E-state index contributed by atoms with van der Waals surface area (Å²) in [6.45, 7) is 6.67. The van der Waals surface area contributed by atoms with Gasteiger partial charge in [-0.15, -0.1) is 0 Å². The second kappa shape index (κ2) is 10.6. The average Bonchev–Trinajstić information content (AvgIpc) is 2.72. The Kier molecular flexibility index (Phi) is 8.47. The van der Waals surface area contributed by atoms with Gasteiger partial charge in [0.1, 0.15) is 11.2 Å². The maximum absolute atomic E-state index is 12.7. The summed E-state index contributed by atoms with van der Waals surface area (Å²) in [5, 5.41) is 5.39. The molecule has 1 aromatic rings. The molecule has 2 rings (SSSR count). The average molecular weight is 416 g/mol. The molecule has 1 aliphatic carbocycles. The van der Waals surface area contributed by atoms with E-state index in [1.807, 2.05) is 6.07 Å². The second-order valence-corrected chi connectivity index (χ2v) is 13.5. The number of carbonyl (C=O) groups excluding carboxylic acids is 2. The van der Waals surface area contributed by atoms with E-state index in [1.54, 1.807) is 6.92 Å². The zero-order valence-electron chi connectivity index (χ0n) is 17.9. The predicted molar refractivity (Wildman–Crippen MR) is 118 cm³/mol. The van der Waals surface area contributed by atoms with Crippen LogP contribution in [-0.4, -0.2) is 32.5 Å². The highest BCUT2D eigenvalue weighted by Gasteiger charge is 2.47. The highest BCUT2D eigenvalue weighted by molar-refractivity contribution is 6.89. The minimum atomic E-state index is -1.65. The molecule has 29 heavy (non-hydrogen) atoms. The summed E-state index contributed by atoms with van der Waals surface area (Å²) in [6, 6.07) is 11.3. The van der Waals surface area contributed by atoms with Crippen molar-refractivity contribution in [1.82, 2.24) is 0 Å². The lowest BCUT2D eigenvalue weighted by molar-refractivity contribution is -0.163. The lowest BCUT2D eigenvalue weighted by atomic mass is 9.69. The molecule has 0 aromatic heterocycles. The van der Waals surface area contributed by atoms with Crippen LogP contribution in [0.15, 0.2) is 35.4 Å². The third kappa shape index (κ3) is 5.94. The van der Waals surface area contributed by atoms with Crippen LogP contribution in [0.2, 0.25) is 19.1 Å². The van der Waals surface area contributed by atoms with E-state index in [2.05, 4.69) is 47.4 Å². The SMILES string of the molecule is CCOC(=O)C1(CCC(CC[Si](C)(C)c2ccccc2)N=[N+]=[N-])CCCCC1=O. The van der Waals surface area contributed by atoms with E-state index in [-0.39, 0.29) is 18.4 Å². The Morgan fingerprint density at radius 1 is 1.28 bits per heavy atom. The maximum Gasteiger partial charge on any atom is 0.319 e. The molecule has 0 bridgehead atoms. The first-order valence-corrected chi connectivity index (χ1v) is 13.9. The largest absolute Gasteiger partial charge is 0.465 e. The molecule has 1 aromatic carbocycles. The van der Waals surface area contributed by atoms with Crippen molar-refractivity contribution in [3.63, 3.8) is 0 Å². The molecule has 0 amide bonds. The fraction of sp³-hybridized carbons (Fsp3) is 0.636. The first kappa shape index (κ1) is 23.2. The van der Waals surface area contributed by atoms with Gasteiger partial charge in [-0.3, -0.25) is 9.59 Å². The number of rotatable bonds is 10. The molecule has 0 N–H and O–H groups in total. The third-order valence-electron chi connectivity index (χ3n) is 6.23. The van der Waals surface area contributed by atoms with Crippen molar-refractivity contribution in [2.45, 2.75) is 77.0 Å². The van der Waals surface area contributed by atoms with Crippen molar-refractivity contribution in [1.29, 1.82) is 0 Å². The Bertz CT molecular complexity index is 747. The summed E-state index contributed by atoms with van der Waals surface area (Å²) in [5.41, 5.74) is 7.99. The molecule has 0 saturated heterocycles. The standard InChI is InChI=1S/C22H33N3O3Si/c1-4-28-21(27)22(15-9-8-12-20(22)26)16-13-18(24-25-23)14-17-29(2,3)19-10-6-5-7-11-19/h5-7,10-11,18H,4,8-9,12-17H2,1-3H3. The van der Waals surface area contributed by atoms with E-state index in [4.69, 9.17) is 10.3 Å². The van der Waals surface area contributed by atoms with Crippen LogP contribution in [0.1, 0.15) is 51.9 Å². The van der Waals surface area contributed by atoms with Crippen LogP contribution in [0.3, 0.4) is 0 Å². The topological polar surface area (TPSA) is 92.1 Å². The zero-order valence-corrected chi connectivity index (χ0v) is 18.9. The van der Waals surface area contributed by atoms with E-state index in [0.29, 0.717) is 25.7 Å². The van der Waals surface area contributed by atoms with Gasteiger partial charge in [0.05, 0.1) is 14.7 Å². The Hall–Kier alpha value is -2.11. The van der Waals surface area contributed by atoms with Gasteiger partial charge in [0.15, 0.2) is 0 Å². The molecule has 2 atom stereocenters. The van der Waals surface area contributed by atoms with Crippen molar-refractivity contribution < 1.29 is 14.3 Å². The van der Waals surface area contributed by atoms with Crippen molar-refractivity contribution in [2.75, 3.05) is 6.61 Å². The number of ketones is 1. The van der Waals surface area contributed by atoms with E-state index >= 15 is 0 Å². The lowest BCUT2D eigenvalue weighted by Gasteiger charge is -2.34. The monoisotopic (exact) mass is 415 g/mol. The van der Waals surface area contributed by atoms with Crippen LogP contribution in [0, 0.1) is 5.41 Å². The highest BCUT2D eigenvalue weighted by Crippen LogP contribution is 2.40. The first-order chi connectivity index (χ1) is 13.9. The van der Waals surface area contributed by atoms with Gasteiger partial charge in [0.25, 0.3) is 0 Å². The number of azide groups is 1. The summed E-state index contributed by atoms with van der Waals surface area (Å²) in [6.07, 6.45) is 4.36. The molecule has 1 saturated carbocycles. The first-order valence-electron chi connectivity index (χ1n) is 10.7. The zero-order chi connectivity index (χ0) is 21.3. The predicted octanol–water partition coefficient (Wildman–Crippen LogP) is 5.14. The molecule has 6 nitrogen and oxygen atoms in total. The van der Waals surface area contributed by atoms with Crippen LogP contribution < -0.4 is 5.19 Å². The van der Waals surface area contributed by atoms with Gasteiger partial charge in [0, 0.05) is 17.4 Å². The third-order valence-corrected chi connectivity index (χ3v) is 9.67. The van der Waals surface area contributed by atoms with Crippen molar-refractivity contribution in [3.05, 3.63) is 40.8 Å². The van der Waals surface area contributed by atoms with Crippen molar-refractivity contribution >= 4 is 25.0 Å². The van der Waals surface area contributed by atoms with E-state index in [0.717, 1.165) is 25.3 Å². The van der Waals surface area contributed by atoms with Gasteiger partial charge in [-0.2, -0.15) is 0 Å². The number of Topliss-reactive ketones (excluding diaryl/α,β-unsaturated/α-hetero) is 1. The summed E-state index contributed by atoms with van der Waals surface area (Å²) in [4.78, 5) is 28.4. The van der Waals surface area contributed by atoms with Gasteiger partial charge >= 0.3 is 5.97 Å². The highest BCUT2D eigenvalue weighted by atomic mass is 28.3. The number of esters is 1. The second-order valence-electron chi connectivity index (χ2n) is 8.62. The quantitative estimate of drug-likeness (QED) is 0.132. The van der Waals surface area contributed by atoms with Gasteiger partial charge in [-0.05, 0) is 44.6 Å². The van der Waals surface area contributed by atoms with Gasteiger partial charge in [-0.25, -0.2) is 0 Å². The number of hydrogen-bond donors (Lipinski definition) is 0. The van der Waals surface area contributed by atoms with Gasteiger partial charge < -0.3 is 4.74 Å². The Labute approximate surface area is 174 Å². The lowest BCUT2D eigenvalue weighted by Crippen LogP contribution is -2.44. The molecule has 158 valence electrons. The van der Waals surface area contributed by atoms with Crippen LogP contribution in [0.5, 0.6) is 0 Å². The normalized spacial score (nSPS) is 20.6. The molecule has 7 heteroatoms. The molecule has 0 radical (unpaired) electrons. The molecular formula is C22H33N3O3Si. The van der Waals surface area contributed by atoms with Crippen LogP contribution >= 0.6 is 0 Å². The molecule has 0 aliphatic heterocycles. The number of carbonyl (C=O) groups is 2. The van der Waals surface area contributed by atoms with E-state index in [1.165, 1.54) is 5.19 Å². The van der Waals surface area contributed by atoms with E-state index < -0.39 is 19.5 Å². The smallest absolute Gasteiger partial charge is 0.319 e. The minimum Gasteiger partial charge on any atom is -0.465 e. The Balaban J connectivity index is 2.07. The summed E-state index contributed by atoms with van der Waals surface area (Å²) in [5.74, 6) is -0.413. The molecule has 0 spiro atoms. The fourth-order valence-corrected chi connectivity index (χ4v) is 6.69. The summed E-state index contributed by atoms with van der Waals surface area (Å²) >= 11 is 0. The van der Waals surface area contributed by atoms with Crippen LogP contribution in [0.25, 0.3) is 10.4 Å². The van der Waals surface area contributed by atoms with Crippen LogP contribution in [0.4, 0.5) is 0 Å². The van der Waals surface area contributed by atoms with Gasteiger partial charge in [-0.1, -0.05) is 66.2 Å². The fourth-order valence-electron chi connectivity index (χ4n) is 4.25. The molecule has 1 fully saturated rings. The number of ether oxygens (including phenoxy) is 1. The number of hydrogen-bond acceptors (Lipinski definition) is 4. The molecular weight excluding hydrogens is 382 g/mol. The van der Waals surface area contributed by atoms with Crippen LogP contribution in [-0.2, 0) is 14.3 Å². The van der Waals surface area contributed by atoms with Crippen molar-refractivity contribution in [2.24, 2.45) is 10.5 Å². The molecule has 2 unspecified atom stereocenters. The number of benzene rings is 1. The summed E-state index contributed by atoms with van der Waals surface area (Å²) < 4.78 is 5.26. The van der Waals surface area contributed by atoms with Crippen molar-refractivity contribution in [3.8, 4) is 0 Å². The minimum absolute atomic E-state index is 0.0131. The summed E-state index contributed by atoms with van der Waals surface area (Å²) in [7, 11) is -1.65. The van der Waals surface area contributed by atoms with Gasteiger partial charge in [0.2, 0.25) is 0 Å². The Morgan fingerprint density at radius 2 is 2.00 bits per heavy atom.